The van der Waals surface area contributed by atoms with E-state index in [1.54, 1.807) is 18.2 Å². The molecule has 0 unspecified atom stereocenters. The van der Waals surface area contributed by atoms with Gasteiger partial charge in [0.2, 0.25) is 5.91 Å². The van der Waals surface area contributed by atoms with Crippen LogP contribution in [-0.2, 0) is 24.2 Å². The third kappa shape index (κ3) is 8.02. The number of pyridine rings is 1. The predicted molar refractivity (Wildman–Crippen MR) is 131 cm³/mol. The number of carbonyl (C=O) groups is 1. The topological polar surface area (TPSA) is 93.5 Å². The van der Waals surface area contributed by atoms with E-state index in [0.29, 0.717) is 15.3 Å². The van der Waals surface area contributed by atoms with Gasteiger partial charge in [-0.05, 0) is 59.5 Å². The minimum atomic E-state index is -1.13. The molecule has 0 aliphatic heterocycles. The molecule has 6 nitrogen and oxygen atoms in total. The van der Waals surface area contributed by atoms with E-state index >= 15 is 0 Å². The minimum absolute atomic E-state index is 0.00319. The van der Waals surface area contributed by atoms with Crippen LogP contribution in [0.1, 0.15) is 23.6 Å². The molecule has 2 aromatic carbocycles. The van der Waals surface area contributed by atoms with Crippen LogP contribution < -0.4 is 10.5 Å². The van der Waals surface area contributed by atoms with Gasteiger partial charge in [0, 0.05) is 37.3 Å². The fourth-order valence-corrected chi connectivity index (χ4v) is 4.49. The molecule has 2 atom stereocenters. The summed E-state index contributed by atoms with van der Waals surface area (Å²) in [6.45, 7) is 2.22. The van der Waals surface area contributed by atoms with Crippen molar-refractivity contribution in [2.24, 2.45) is 5.73 Å². The van der Waals surface area contributed by atoms with Gasteiger partial charge in [-0.3, -0.25) is 4.79 Å². The Kier molecular flexibility index (Phi) is 9.59. The molecule has 1 heterocycles. The van der Waals surface area contributed by atoms with E-state index in [0.717, 1.165) is 35.4 Å². The van der Waals surface area contributed by atoms with Gasteiger partial charge in [0.15, 0.2) is 6.20 Å². The van der Waals surface area contributed by atoms with Gasteiger partial charge in [-0.15, -0.1) is 0 Å². The molecule has 3 aromatic rings. The number of thioether (sulfide) groups is 1. The van der Waals surface area contributed by atoms with Crippen molar-refractivity contribution in [3.05, 3.63) is 100 Å². The first kappa shape index (κ1) is 26.6. The van der Waals surface area contributed by atoms with Crippen LogP contribution in [0.2, 0.25) is 0 Å². The smallest absolute Gasteiger partial charge is 0.251 e. The van der Waals surface area contributed by atoms with E-state index < -0.39 is 23.8 Å². The summed E-state index contributed by atoms with van der Waals surface area (Å²) in [4.78, 5) is 14.6. The molecule has 9 heteroatoms. The maximum Gasteiger partial charge on any atom is 0.251 e. The van der Waals surface area contributed by atoms with Crippen LogP contribution in [0.5, 0.6) is 0 Å². The first-order chi connectivity index (χ1) is 16.7. The number of aryl methyl sites for hydroxylation is 1. The Morgan fingerprint density at radius 1 is 1.09 bits per heavy atom. The van der Waals surface area contributed by atoms with E-state index in [1.807, 2.05) is 31.2 Å². The van der Waals surface area contributed by atoms with E-state index in [-0.39, 0.29) is 31.2 Å². The Morgan fingerprint density at radius 2 is 1.80 bits per heavy atom. The summed E-state index contributed by atoms with van der Waals surface area (Å²) in [6.07, 6.45) is 1.11. The van der Waals surface area contributed by atoms with Crippen LogP contribution in [0, 0.1) is 16.8 Å². The Balaban J connectivity index is 1.72. The molecular formula is C26H29F2N3O3S. The summed E-state index contributed by atoms with van der Waals surface area (Å²) in [5.41, 5.74) is 8.47. The standard InChI is InChI=1S/C26H29F2N3O3S/c1-2-18-6-5-7-19(10-18)15-30(25(33)17-35-26-8-3-4-9-31(26)34)16-24(32)23(29)13-20-11-21(27)14-22(28)12-20/h3-12,14,23-24,32H,2,13,15-17,29H2,1H3/t23-,24+/m0/s1. The summed E-state index contributed by atoms with van der Waals surface area (Å²) < 4.78 is 27.8. The first-order valence-corrected chi connectivity index (χ1v) is 12.3. The van der Waals surface area contributed by atoms with E-state index in [9.17, 15) is 23.9 Å². The van der Waals surface area contributed by atoms with Crippen molar-refractivity contribution < 1.29 is 23.4 Å². The molecule has 186 valence electrons. The summed E-state index contributed by atoms with van der Waals surface area (Å²) in [5.74, 6) is -1.72. The number of aliphatic hydroxyl groups is 1. The lowest BCUT2D eigenvalue weighted by Crippen LogP contribution is -2.46. The number of aromatic nitrogens is 1. The number of halogens is 2. The molecule has 0 fully saturated rings. The number of rotatable bonds is 11. The molecule has 3 N–H and O–H groups in total. The molecule has 1 amide bonds. The summed E-state index contributed by atoms with van der Waals surface area (Å²) in [5, 5.41) is 23.1. The number of carbonyl (C=O) groups excluding carboxylic acids is 1. The summed E-state index contributed by atoms with van der Waals surface area (Å²) >= 11 is 1.11. The number of hydrogen-bond donors (Lipinski definition) is 2. The van der Waals surface area contributed by atoms with Gasteiger partial charge in [-0.1, -0.05) is 31.2 Å². The predicted octanol–water partition coefficient (Wildman–Crippen LogP) is 3.21. The van der Waals surface area contributed by atoms with Gasteiger partial charge in [0.25, 0.3) is 5.03 Å². The second kappa shape index (κ2) is 12.6. The fraction of sp³-hybridized carbons (Fsp3) is 0.308. The molecule has 35 heavy (non-hydrogen) atoms. The fourth-order valence-electron chi connectivity index (χ4n) is 3.67. The highest BCUT2D eigenvalue weighted by Crippen LogP contribution is 2.17. The second-order valence-electron chi connectivity index (χ2n) is 8.31. The minimum Gasteiger partial charge on any atom is -0.618 e. The average Bonchev–Trinajstić information content (AvgIpc) is 2.82. The van der Waals surface area contributed by atoms with Crippen molar-refractivity contribution in [1.82, 2.24) is 4.90 Å². The summed E-state index contributed by atoms with van der Waals surface area (Å²) in [7, 11) is 0. The lowest BCUT2D eigenvalue weighted by atomic mass is 10.0. The monoisotopic (exact) mass is 501 g/mol. The van der Waals surface area contributed by atoms with Gasteiger partial charge in [-0.2, -0.15) is 4.73 Å². The zero-order valence-corrected chi connectivity index (χ0v) is 20.3. The highest BCUT2D eigenvalue weighted by molar-refractivity contribution is 7.99. The Bertz CT molecular complexity index is 1130. The number of hydrogen-bond acceptors (Lipinski definition) is 5. The molecule has 0 spiro atoms. The van der Waals surface area contributed by atoms with Crippen molar-refractivity contribution in [1.29, 1.82) is 0 Å². The molecule has 0 aliphatic rings. The Morgan fingerprint density at radius 3 is 2.49 bits per heavy atom. The number of benzene rings is 2. The Hall–Kier alpha value is -3.01. The zero-order valence-electron chi connectivity index (χ0n) is 19.4. The summed E-state index contributed by atoms with van der Waals surface area (Å²) in [6, 6.07) is 15.0. The maximum atomic E-state index is 13.5. The number of nitrogens with two attached hydrogens (primary N) is 1. The molecule has 3 rings (SSSR count). The van der Waals surface area contributed by atoms with E-state index in [1.165, 1.54) is 23.2 Å². The lowest BCUT2D eigenvalue weighted by Gasteiger charge is -2.28. The lowest BCUT2D eigenvalue weighted by molar-refractivity contribution is -0.645. The highest BCUT2D eigenvalue weighted by Gasteiger charge is 2.24. The first-order valence-electron chi connectivity index (χ1n) is 11.3. The highest BCUT2D eigenvalue weighted by atomic mass is 32.2. The molecule has 1 aromatic heterocycles. The Labute approximate surface area is 208 Å². The van der Waals surface area contributed by atoms with E-state index in [4.69, 9.17) is 5.73 Å². The number of aliphatic hydroxyl groups excluding tert-OH is 1. The van der Waals surface area contributed by atoms with Crippen LogP contribution in [0.3, 0.4) is 0 Å². The van der Waals surface area contributed by atoms with Crippen molar-refractivity contribution in [2.75, 3.05) is 12.3 Å². The third-order valence-electron chi connectivity index (χ3n) is 5.55. The van der Waals surface area contributed by atoms with Crippen LogP contribution in [0.4, 0.5) is 8.78 Å². The molecular weight excluding hydrogens is 472 g/mol. The van der Waals surface area contributed by atoms with Crippen LogP contribution in [0.15, 0.2) is 71.9 Å². The van der Waals surface area contributed by atoms with Crippen molar-refractivity contribution >= 4 is 17.7 Å². The maximum absolute atomic E-state index is 13.5. The average molecular weight is 502 g/mol. The second-order valence-corrected chi connectivity index (χ2v) is 9.31. The molecule has 0 saturated carbocycles. The SMILES string of the molecule is CCc1cccc(CN(C[C@@H](O)[C@@H](N)Cc2cc(F)cc(F)c2)C(=O)CSc2cccc[n+]2[O-])c1. The molecule has 0 aliphatic carbocycles. The largest absolute Gasteiger partial charge is 0.618 e. The van der Waals surface area contributed by atoms with Gasteiger partial charge in [-0.25, -0.2) is 8.78 Å². The third-order valence-corrected chi connectivity index (χ3v) is 6.56. The van der Waals surface area contributed by atoms with Crippen LogP contribution >= 0.6 is 11.8 Å². The van der Waals surface area contributed by atoms with Gasteiger partial charge in [0.1, 0.15) is 11.6 Å². The van der Waals surface area contributed by atoms with Gasteiger partial charge < -0.3 is 20.9 Å². The normalized spacial score (nSPS) is 12.8. The van der Waals surface area contributed by atoms with Crippen LogP contribution in [-0.4, -0.2) is 40.4 Å². The quantitative estimate of drug-likeness (QED) is 0.239. The number of amides is 1. The van der Waals surface area contributed by atoms with Crippen LogP contribution in [0.25, 0.3) is 0 Å². The zero-order chi connectivity index (χ0) is 25.4. The molecule has 0 bridgehead atoms. The molecule has 0 radical (unpaired) electrons. The van der Waals surface area contributed by atoms with Gasteiger partial charge >= 0.3 is 0 Å². The van der Waals surface area contributed by atoms with Crippen molar-refractivity contribution in [3.63, 3.8) is 0 Å². The van der Waals surface area contributed by atoms with E-state index in [2.05, 4.69) is 0 Å². The molecule has 0 saturated heterocycles. The number of nitrogens with zero attached hydrogens (tertiary/aromatic N) is 2. The van der Waals surface area contributed by atoms with Crippen molar-refractivity contribution in [2.45, 2.75) is 43.5 Å². The van der Waals surface area contributed by atoms with Gasteiger partial charge in [0.05, 0.1) is 11.9 Å². The van der Waals surface area contributed by atoms with Crippen molar-refractivity contribution in [3.8, 4) is 0 Å².